The third-order valence-corrected chi connectivity index (χ3v) is 5.26. The first-order valence-electron chi connectivity index (χ1n) is 8.44. The van der Waals surface area contributed by atoms with Crippen molar-refractivity contribution >= 4 is 33.3 Å². The number of aryl methyl sites for hydroxylation is 1. The zero-order valence-electron chi connectivity index (χ0n) is 14.5. The fourth-order valence-corrected chi connectivity index (χ4v) is 3.89. The van der Waals surface area contributed by atoms with Gasteiger partial charge in [-0.05, 0) is 31.4 Å². The fourth-order valence-electron chi connectivity index (χ4n) is 2.85. The Morgan fingerprint density at radius 1 is 1.38 bits per heavy atom. The number of fused-ring (bicyclic) bond motifs is 1. The van der Waals surface area contributed by atoms with Gasteiger partial charge in [0.1, 0.15) is 21.9 Å². The van der Waals surface area contributed by atoms with Gasteiger partial charge >= 0.3 is 5.97 Å². The van der Waals surface area contributed by atoms with Crippen LogP contribution in [0.3, 0.4) is 0 Å². The van der Waals surface area contributed by atoms with Crippen LogP contribution in [0.25, 0.3) is 10.2 Å². The van der Waals surface area contributed by atoms with Crippen molar-refractivity contribution in [2.75, 3.05) is 37.7 Å². The van der Waals surface area contributed by atoms with Gasteiger partial charge in [0.05, 0.1) is 12.0 Å². The number of nitrogens with zero attached hydrogens (tertiary/aromatic N) is 3. The molecule has 7 heteroatoms. The lowest BCUT2D eigenvalue weighted by Crippen LogP contribution is -2.28. The van der Waals surface area contributed by atoms with Crippen LogP contribution in [-0.2, 0) is 4.74 Å². The van der Waals surface area contributed by atoms with Crippen LogP contribution in [0.15, 0.2) is 6.33 Å². The summed E-state index contributed by atoms with van der Waals surface area (Å²) in [7, 11) is 0. The summed E-state index contributed by atoms with van der Waals surface area (Å²) in [6.45, 7) is 10.3. The van der Waals surface area contributed by atoms with Gasteiger partial charge in [0.15, 0.2) is 0 Å². The van der Waals surface area contributed by atoms with Crippen molar-refractivity contribution in [3.63, 3.8) is 0 Å². The van der Waals surface area contributed by atoms with Crippen LogP contribution in [0, 0.1) is 12.8 Å². The van der Waals surface area contributed by atoms with Crippen LogP contribution < -0.4 is 10.2 Å². The number of esters is 1. The highest BCUT2D eigenvalue weighted by molar-refractivity contribution is 7.20. The van der Waals surface area contributed by atoms with E-state index in [-0.39, 0.29) is 5.97 Å². The Hall–Kier alpha value is -1.73. The predicted octanol–water partition coefficient (Wildman–Crippen LogP) is 2.61. The Balaban J connectivity index is 1.96. The summed E-state index contributed by atoms with van der Waals surface area (Å²) in [5.74, 6) is 0.997. The normalized spacial score (nSPS) is 15.8. The van der Waals surface area contributed by atoms with Gasteiger partial charge in [0.2, 0.25) is 0 Å². The zero-order valence-corrected chi connectivity index (χ0v) is 15.3. The lowest BCUT2D eigenvalue weighted by atomic mass is 10.2. The van der Waals surface area contributed by atoms with E-state index in [1.165, 1.54) is 11.3 Å². The lowest BCUT2D eigenvalue weighted by molar-refractivity contribution is 0.0464. The van der Waals surface area contributed by atoms with Gasteiger partial charge in [0, 0.05) is 19.6 Å². The summed E-state index contributed by atoms with van der Waals surface area (Å²) in [6.07, 6.45) is 2.67. The molecule has 3 heterocycles. The standard InChI is InChI=1S/C17H24N4O2S/c1-11(2)9-23-17(22)14-12(3)13-15(19-10-20-16(13)24-14)21-7-4-5-18-6-8-21/h10-11,18H,4-9H2,1-3H3. The molecule has 0 spiro atoms. The maximum absolute atomic E-state index is 12.4. The molecule has 0 radical (unpaired) electrons. The first-order valence-corrected chi connectivity index (χ1v) is 9.26. The minimum absolute atomic E-state index is 0.257. The lowest BCUT2D eigenvalue weighted by Gasteiger charge is -2.21. The quantitative estimate of drug-likeness (QED) is 0.857. The predicted molar refractivity (Wildman–Crippen MR) is 97.0 cm³/mol. The molecule has 0 amide bonds. The molecule has 6 nitrogen and oxygen atoms in total. The summed E-state index contributed by atoms with van der Waals surface area (Å²) in [4.78, 5) is 25.1. The van der Waals surface area contributed by atoms with Crippen molar-refractivity contribution in [2.45, 2.75) is 27.2 Å². The molecular weight excluding hydrogens is 324 g/mol. The van der Waals surface area contributed by atoms with Gasteiger partial charge in [-0.15, -0.1) is 11.3 Å². The molecule has 0 aromatic carbocycles. The van der Waals surface area contributed by atoms with Crippen LogP contribution in [-0.4, -0.2) is 48.7 Å². The molecule has 0 unspecified atom stereocenters. The molecule has 1 aliphatic rings. The van der Waals surface area contributed by atoms with Gasteiger partial charge in [-0.3, -0.25) is 0 Å². The first-order chi connectivity index (χ1) is 11.6. The summed E-state index contributed by atoms with van der Waals surface area (Å²) in [6, 6.07) is 0. The van der Waals surface area contributed by atoms with Gasteiger partial charge in [0.25, 0.3) is 0 Å². The number of hydrogen-bond donors (Lipinski definition) is 1. The van der Waals surface area contributed by atoms with E-state index in [0.717, 1.165) is 54.2 Å². The highest BCUT2D eigenvalue weighted by Crippen LogP contribution is 2.35. The Morgan fingerprint density at radius 2 is 2.21 bits per heavy atom. The van der Waals surface area contributed by atoms with Crippen LogP contribution in [0.4, 0.5) is 5.82 Å². The number of rotatable bonds is 4. The Morgan fingerprint density at radius 3 is 3.00 bits per heavy atom. The van der Waals surface area contributed by atoms with Crippen LogP contribution in [0.5, 0.6) is 0 Å². The molecule has 1 saturated heterocycles. The molecule has 24 heavy (non-hydrogen) atoms. The van der Waals surface area contributed by atoms with E-state index in [1.807, 2.05) is 20.8 Å². The number of thiophene rings is 1. The smallest absolute Gasteiger partial charge is 0.348 e. The molecule has 130 valence electrons. The van der Waals surface area contributed by atoms with Gasteiger partial charge < -0.3 is 15.0 Å². The number of hydrogen-bond acceptors (Lipinski definition) is 7. The summed E-state index contributed by atoms with van der Waals surface area (Å²) < 4.78 is 5.40. The highest BCUT2D eigenvalue weighted by atomic mass is 32.1. The topological polar surface area (TPSA) is 67.3 Å². The number of anilines is 1. The van der Waals surface area contributed by atoms with Crippen molar-refractivity contribution in [1.29, 1.82) is 0 Å². The Kier molecular flexibility index (Phi) is 5.30. The van der Waals surface area contributed by atoms with Crippen molar-refractivity contribution in [1.82, 2.24) is 15.3 Å². The first kappa shape index (κ1) is 17.1. The number of carbonyl (C=O) groups is 1. The maximum Gasteiger partial charge on any atom is 0.348 e. The van der Waals surface area contributed by atoms with E-state index in [2.05, 4.69) is 20.2 Å². The van der Waals surface area contributed by atoms with E-state index in [1.54, 1.807) is 6.33 Å². The van der Waals surface area contributed by atoms with E-state index in [0.29, 0.717) is 17.4 Å². The molecule has 0 saturated carbocycles. The van der Waals surface area contributed by atoms with Crippen molar-refractivity contribution in [2.24, 2.45) is 5.92 Å². The van der Waals surface area contributed by atoms with E-state index < -0.39 is 0 Å². The molecule has 1 N–H and O–H groups in total. The van der Waals surface area contributed by atoms with E-state index in [4.69, 9.17) is 4.74 Å². The summed E-state index contributed by atoms with van der Waals surface area (Å²) in [5, 5.41) is 4.39. The van der Waals surface area contributed by atoms with Crippen LogP contribution in [0.2, 0.25) is 0 Å². The van der Waals surface area contributed by atoms with Crippen molar-refractivity contribution < 1.29 is 9.53 Å². The second-order valence-electron chi connectivity index (χ2n) is 6.52. The minimum atomic E-state index is -0.257. The third kappa shape index (κ3) is 3.52. The number of nitrogens with one attached hydrogen (secondary N) is 1. The molecular formula is C17H24N4O2S. The third-order valence-electron chi connectivity index (χ3n) is 4.08. The second-order valence-corrected chi connectivity index (χ2v) is 7.52. The van der Waals surface area contributed by atoms with Gasteiger partial charge in [-0.1, -0.05) is 13.8 Å². The number of carbonyl (C=O) groups excluding carboxylic acids is 1. The summed E-state index contributed by atoms with van der Waals surface area (Å²) >= 11 is 1.40. The minimum Gasteiger partial charge on any atom is -0.461 e. The van der Waals surface area contributed by atoms with Crippen molar-refractivity contribution in [3.8, 4) is 0 Å². The van der Waals surface area contributed by atoms with Gasteiger partial charge in [-0.2, -0.15) is 0 Å². The van der Waals surface area contributed by atoms with Crippen molar-refractivity contribution in [3.05, 3.63) is 16.8 Å². The maximum atomic E-state index is 12.4. The fraction of sp³-hybridized carbons (Fsp3) is 0.588. The molecule has 0 bridgehead atoms. The zero-order chi connectivity index (χ0) is 17.1. The largest absolute Gasteiger partial charge is 0.461 e. The SMILES string of the molecule is Cc1c(C(=O)OCC(C)C)sc2ncnc(N3CCCNCC3)c12. The Labute approximate surface area is 146 Å². The monoisotopic (exact) mass is 348 g/mol. The molecule has 3 rings (SSSR count). The molecule has 1 fully saturated rings. The number of aromatic nitrogens is 2. The van der Waals surface area contributed by atoms with E-state index >= 15 is 0 Å². The van der Waals surface area contributed by atoms with Crippen LogP contribution in [0.1, 0.15) is 35.5 Å². The molecule has 0 aliphatic carbocycles. The molecule has 2 aromatic heterocycles. The van der Waals surface area contributed by atoms with Crippen LogP contribution >= 0.6 is 11.3 Å². The molecule has 0 atom stereocenters. The average Bonchev–Trinajstić information content (AvgIpc) is 2.76. The Bertz CT molecular complexity index is 721. The highest BCUT2D eigenvalue weighted by Gasteiger charge is 2.23. The average molecular weight is 348 g/mol. The van der Waals surface area contributed by atoms with E-state index in [9.17, 15) is 4.79 Å². The molecule has 2 aromatic rings. The summed E-state index contributed by atoms with van der Waals surface area (Å²) in [5.41, 5.74) is 0.927. The second kappa shape index (κ2) is 7.44. The number of ether oxygens (including phenoxy) is 1. The van der Waals surface area contributed by atoms with Gasteiger partial charge in [-0.25, -0.2) is 14.8 Å². The molecule has 1 aliphatic heterocycles.